The molecule has 104 valence electrons. The van der Waals surface area contributed by atoms with Crippen LogP contribution in [0.2, 0.25) is 0 Å². The highest BCUT2D eigenvalue weighted by Crippen LogP contribution is 2.25. The number of benzene rings is 1. The number of thiophene rings is 1. The predicted molar refractivity (Wildman–Crippen MR) is 84.1 cm³/mol. The third-order valence-electron chi connectivity index (χ3n) is 3.89. The Morgan fingerprint density at radius 2 is 1.80 bits per heavy atom. The minimum atomic E-state index is 0.0645. The van der Waals surface area contributed by atoms with Crippen LogP contribution in [-0.4, -0.2) is 11.9 Å². The van der Waals surface area contributed by atoms with E-state index in [1.165, 1.54) is 29.7 Å². The van der Waals surface area contributed by atoms with E-state index < -0.39 is 0 Å². The lowest BCUT2D eigenvalue weighted by Gasteiger charge is -2.22. The van der Waals surface area contributed by atoms with E-state index in [4.69, 9.17) is 0 Å². The predicted octanol–water partition coefficient (Wildman–Crippen LogP) is 4.48. The molecule has 3 heteroatoms. The molecule has 0 bridgehead atoms. The summed E-state index contributed by atoms with van der Waals surface area (Å²) < 4.78 is 0. The van der Waals surface area contributed by atoms with Gasteiger partial charge in [0.2, 0.25) is 0 Å². The molecule has 0 unspecified atom stereocenters. The molecule has 1 N–H and O–H groups in total. The van der Waals surface area contributed by atoms with E-state index in [2.05, 4.69) is 16.8 Å². The highest BCUT2D eigenvalue weighted by Gasteiger charge is 2.16. The second kappa shape index (κ2) is 6.23. The molecule has 0 spiro atoms. The highest BCUT2D eigenvalue weighted by molar-refractivity contribution is 7.13. The number of amides is 1. The van der Waals surface area contributed by atoms with E-state index in [1.54, 1.807) is 11.3 Å². The maximum absolute atomic E-state index is 12.2. The minimum absolute atomic E-state index is 0.0645. The summed E-state index contributed by atoms with van der Waals surface area (Å²) in [5.74, 6) is 0.0645. The first kappa shape index (κ1) is 13.4. The first-order chi connectivity index (χ1) is 9.83. The molecular weight excluding hydrogens is 266 g/mol. The monoisotopic (exact) mass is 285 g/mol. The summed E-state index contributed by atoms with van der Waals surface area (Å²) in [6.45, 7) is 0. The first-order valence-electron chi connectivity index (χ1n) is 7.28. The maximum atomic E-state index is 12.2. The Morgan fingerprint density at radius 3 is 2.45 bits per heavy atom. The van der Waals surface area contributed by atoms with E-state index >= 15 is 0 Å². The molecule has 1 aliphatic carbocycles. The number of carbonyl (C=O) groups excluding carboxylic acids is 1. The van der Waals surface area contributed by atoms with Crippen molar-refractivity contribution < 1.29 is 4.79 Å². The van der Waals surface area contributed by atoms with E-state index in [9.17, 15) is 4.79 Å². The molecule has 20 heavy (non-hydrogen) atoms. The average molecular weight is 285 g/mol. The van der Waals surface area contributed by atoms with Crippen molar-refractivity contribution in [1.82, 2.24) is 5.32 Å². The summed E-state index contributed by atoms with van der Waals surface area (Å²) in [6.07, 6.45) is 6.03. The van der Waals surface area contributed by atoms with Gasteiger partial charge in [0.25, 0.3) is 5.91 Å². The fourth-order valence-corrected chi connectivity index (χ4v) is 3.48. The molecule has 1 fully saturated rings. The van der Waals surface area contributed by atoms with Crippen molar-refractivity contribution in [2.24, 2.45) is 0 Å². The van der Waals surface area contributed by atoms with E-state index in [1.807, 2.05) is 30.3 Å². The molecule has 0 atom stereocenters. The van der Waals surface area contributed by atoms with Crippen molar-refractivity contribution in [3.05, 3.63) is 47.3 Å². The lowest BCUT2D eigenvalue weighted by molar-refractivity contribution is 0.0928. The number of hydrogen-bond acceptors (Lipinski definition) is 2. The molecular formula is C17H19NOS. The maximum Gasteiger partial charge on any atom is 0.251 e. The zero-order valence-corrected chi connectivity index (χ0v) is 12.3. The zero-order valence-electron chi connectivity index (χ0n) is 11.5. The van der Waals surface area contributed by atoms with Crippen LogP contribution in [0.5, 0.6) is 0 Å². The van der Waals surface area contributed by atoms with Gasteiger partial charge in [-0.15, -0.1) is 11.3 Å². The molecule has 3 rings (SSSR count). The van der Waals surface area contributed by atoms with Gasteiger partial charge < -0.3 is 5.32 Å². The lowest BCUT2D eigenvalue weighted by Crippen LogP contribution is -2.36. The van der Waals surface area contributed by atoms with Crippen LogP contribution in [0.25, 0.3) is 10.4 Å². The van der Waals surface area contributed by atoms with Gasteiger partial charge in [0.15, 0.2) is 0 Å². The second-order valence-electron chi connectivity index (χ2n) is 5.36. The smallest absolute Gasteiger partial charge is 0.251 e. The van der Waals surface area contributed by atoms with E-state index in [0.29, 0.717) is 6.04 Å². The van der Waals surface area contributed by atoms with Gasteiger partial charge in [-0.25, -0.2) is 0 Å². The molecule has 2 aromatic rings. The van der Waals surface area contributed by atoms with Gasteiger partial charge in [-0.2, -0.15) is 0 Å². The normalized spacial score (nSPS) is 16.0. The van der Waals surface area contributed by atoms with Crippen LogP contribution >= 0.6 is 11.3 Å². The molecule has 1 aromatic carbocycles. The van der Waals surface area contributed by atoms with Gasteiger partial charge in [0.1, 0.15) is 0 Å². The summed E-state index contributed by atoms with van der Waals surface area (Å²) in [4.78, 5) is 13.4. The van der Waals surface area contributed by atoms with Crippen molar-refractivity contribution in [2.45, 2.75) is 38.1 Å². The molecule has 0 aliphatic heterocycles. The van der Waals surface area contributed by atoms with Crippen LogP contribution in [0.4, 0.5) is 0 Å². The summed E-state index contributed by atoms with van der Waals surface area (Å²) in [7, 11) is 0. The molecule has 0 saturated heterocycles. The van der Waals surface area contributed by atoms with Crippen LogP contribution in [0.3, 0.4) is 0 Å². The molecule has 1 aliphatic rings. The molecule has 1 heterocycles. The van der Waals surface area contributed by atoms with Crippen LogP contribution in [0.1, 0.15) is 42.5 Å². The van der Waals surface area contributed by atoms with Gasteiger partial charge in [0.05, 0.1) is 0 Å². The molecule has 0 radical (unpaired) electrons. The van der Waals surface area contributed by atoms with Crippen LogP contribution in [0, 0.1) is 0 Å². The Labute approximate surface area is 123 Å². The van der Waals surface area contributed by atoms with Crippen LogP contribution in [-0.2, 0) is 0 Å². The van der Waals surface area contributed by atoms with Crippen molar-refractivity contribution >= 4 is 17.2 Å². The van der Waals surface area contributed by atoms with E-state index in [-0.39, 0.29) is 5.91 Å². The van der Waals surface area contributed by atoms with Crippen LogP contribution < -0.4 is 5.32 Å². The largest absolute Gasteiger partial charge is 0.349 e. The Morgan fingerprint density at radius 1 is 1.05 bits per heavy atom. The van der Waals surface area contributed by atoms with Gasteiger partial charge >= 0.3 is 0 Å². The van der Waals surface area contributed by atoms with E-state index in [0.717, 1.165) is 18.4 Å². The fourth-order valence-electron chi connectivity index (χ4n) is 2.74. The standard InChI is InChI=1S/C17H19NOS/c19-17(18-15-5-2-1-3-6-15)14-10-8-13(9-11-14)16-7-4-12-20-16/h4,7-12,15H,1-3,5-6H2,(H,18,19). The molecule has 1 amide bonds. The van der Waals surface area contributed by atoms with Gasteiger partial charge in [0, 0.05) is 16.5 Å². The molecule has 2 nitrogen and oxygen atoms in total. The van der Waals surface area contributed by atoms with Crippen molar-refractivity contribution in [2.75, 3.05) is 0 Å². The van der Waals surface area contributed by atoms with Crippen molar-refractivity contribution in [1.29, 1.82) is 0 Å². The summed E-state index contributed by atoms with van der Waals surface area (Å²) in [6, 6.07) is 12.4. The fraction of sp³-hybridized carbons (Fsp3) is 0.353. The summed E-state index contributed by atoms with van der Waals surface area (Å²) in [5.41, 5.74) is 1.94. The third-order valence-corrected chi connectivity index (χ3v) is 4.81. The van der Waals surface area contributed by atoms with Gasteiger partial charge in [-0.05, 0) is 42.0 Å². The highest BCUT2D eigenvalue weighted by atomic mass is 32.1. The van der Waals surface area contributed by atoms with Gasteiger partial charge in [-0.1, -0.05) is 37.5 Å². The Kier molecular flexibility index (Phi) is 4.16. The molecule has 1 saturated carbocycles. The lowest BCUT2D eigenvalue weighted by atomic mass is 9.95. The topological polar surface area (TPSA) is 29.1 Å². The van der Waals surface area contributed by atoms with Crippen molar-refractivity contribution in [3.8, 4) is 10.4 Å². The number of rotatable bonds is 3. The third kappa shape index (κ3) is 3.10. The summed E-state index contributed by atoms with van der Waals surface area (Å²) >= 11 is 1.72. The Balaban J connectivity index is 1.66. The van der Waals surface area contributed by atoms with Crippen molar-refractivity contribution in [3.63, 3.8) is 0 Å². The number of nitrogens with one attached hydrogen (secondary N) is 1. The zero-order chi connectivity index (χ0) is 13.8. The Hall–Kier alpha value is -1.61. The second-order valence-corrected chi connectivity index (χ2v) is 6.31. The average Bonchev–Trinajstić information content (AvgIpc) is 3.03. The van der Waals surface area contributed by atoms with Gasteiger partial charge in [-0.3, -0.25) is 4.79 Å². The molecule has 1 aromatic heterocycles. The minimum Gasteiger partial charge on any atom is -0.349 e. The van der Waals surface area contributed by atoms with Crippen LogP contribution in [0.15, 0.2) is 41.8 Å². The SMILES string of the molecule is O=C(NC1CCCCC1)c1ccc(-c2cccs2)cc1. The number of hydrogen-bond donors (Lipinski definition) is 1. The first-order valence-corrected chi connectivity index (χ1v) is 8.16. The quantitative estimate of drug-likeness (QED) is 0.885. The summed E-state index contributed by atoms with van der Waals surface area (Å²) in [5, 5.41) is 5.22. The Bertz CT molecular complexity index is 553. The number of carbonyl (C=O) groups is 1.